The Morgan fingerprint density at radius 3 is 1.33 bits per heavy atom. The number of benzene rings is 5. The molecule has 0 aromatic heterocycles. The zero-order chi connectivity index (χ0) is 62.7. The molecule has 5 aromatic carbocycles. The molecule has 0 saturated carbocycles. The predicted octanol–water partition coefficient (Wildman–Crippen LogP) is 0.609. The van der Waals surface area contributed by atoms with Crippen LogP contribution in [-0.4, -0.2) is 160 Å². The first-order valence-electron chi connectivity index (χ1n) is 27.2. The van der Waals surface area contributed by atoms with Gasteiger partial charge in [-0.1, -0.05) is 139 Å². The highest BCUT2D eigenvalue weighted by atomic mass is 31.2. The summed E-state index contributed by atoms with van der Waals surface area (Å²) in [6.45, 7) is -1.56. The van der Waals surface area contributed by atoms with E-state index in [2.05, 4.69) is 41.7 Å². The van der Waals surface area contributed by atoms with E-state index in [0.717, 1.165) is 22.3 Å². The Labute approximate surface area is 497 Å². The van der Waals surface area contributed by atoms with Gasteiger partial charge in [0.15, 0.2) is 0 Å². The number of carbonyl (C=O) groups excluding carboxylic acids is 9. The maximum atomic E-state index is 14.3. The molecule has 0 saturated heterocycles. The molecule has 27 heteroatoms. The van der Waals surface area contributed by atoms with Crippen molar-refractivity contribution in [3.05, 3.63) is 173 Å². The number of hydrogen-bond acceptors (Lipinski definition) is 14. The topological polar surface area (TPSA) is 378 Å². The number of aliphatic carboxylic acids is 1. The van der Waals surface area contributed by atoms with Crippen LogP contribution >= 0.6 is 7.82 Å². The molecule has 0 radical (unpaired) electrons. The second-order valence-electron chi connectivity index (χ2n) is 19.3. The molecule has 9 amide bonds. The minimum absolute atomic E-state index is 0.0166. The summed E-state index contributed by atoms with van der Waals surface area (Å²) in [5, 5.41) is 25.9. The molecular formula is C59H74N11O15P. The third-order valence-corrected chi connectivity index (χ3v) is 12.6. The monoisotopic (exact) mass is 1210 g/mol. The fourth-order valence-corrected chi connectivity index (χ4v) is 8.21. The average molecular weight is 1210 g/mol. The van der Waals surface area contributed by atoms with Crippen molar-refractivity contribution in [3.8, 4) is 5.75 Å². The molecular weight excluding hydrogens is 1130 g/mol. The Morgan fingerprint density at radius 1 is 0.488 bits per heavy atom. The number of carboxylic acid groups (broad SMARTS) is 1. The van der Waals surface area contributed by atoms with Crippen molar-refractivity contribution in [2.45, 2.75) is 58.4 Å². The number of phosphoric ester groups is 1. The van der Waals surface area contributed by atoms with Crippen LogP contribution in [0.1, 0.15) is 47.1 Å². The van der Waals surface area contributed by atoms with E-state index >= 15 is 0 Å². The molecule has 0 bridgehead atoms. The number of nitrogens with two attached hydrogens (primary N) is 1. The van der Waals surface area contributed by atoms with Gasteiger partial charge in [-0.05, 0) is 67.1 Å². The van der Waals surface area contributed by atoms with Gasteiger partial charge in [-0.25, -0.2) is 4.57 Å². The normalized spacial score (nSPS) is 11.0. The van der Waals surface area contributed by atoms with Gasteiger partial charge in [0, 0.05) is 26.2 Å². The van der Waals surface area contributed by atoms with Gasteiger partial charge in [-0.2, -0.15) is 0 Å². The van der Waals surface area contributed by atoms with Crippen molar-refractivity contribution in [3.63, 3.8) is 0 Å². The first kappa shape index (κ1) is 69.2. The molecule has 0 aliphatic heterocycles. The van der Waals surface area contributed by atoms with E-state index in [1.54, 1.807) is 66.7 Å². The van der Waals surface area contributed by atoms with Gasteiger partial charge in [0.05, 0.1) is 39.3 Å². The fourth-order valence-electron chi connectivity index (χ4n) is 7.82. The van der Waals surface area contributed by atoms with Crippen LogP contribution in [-0.2, 0) is 78.7 Å². The van der Waals surface area contributed by atoms with Crippen molar-refractivity contribution < 1.29 is 71.9 Å². The van der Waals surface area contributed by atoms with Crippen LogP contribution in [0.2, 0.25) is 0 Å². The lowest BCUT2D eigenvalue weighted by molar-refractivity contribution is -0.145. The summed E-state index contributed by atoms with van der Waals surface area (Å²) < 4.78 is 14.7. The Bertz CT molecular complexity index is 3030. The SMILES string of the molecule is Cc1ccc(OP(=O)(O)O)cc1.NCCCCC(NC(=O)CNC(=O)CNC(=O)CNC(=O)CNC(=O)CN(Cc1ccccc1)C(=O)CN(Cc1ccccc1)C(=O)CN(Cc1ccccc1)C(=O)CNCc1ccccc1)C(=O)NCC(=O)O. The molecule has 1 unspecified atom stereocenters. The lowest BCUT2D eigenvalue weighted by Gasteiger charge is -2.30. The van der Waals surface area contributed by atoms with Gasteiger partial charge >= 0.3 is 13.8 Å². The van der Waals surface area contributed by atoms with Crippen LogP contribution in [0.25, 0.3) is 0 Å². The summed E-state index contributed by atoms with van der Waals surface area (Å²) >= 11 is 0. The van der Waals surface area contributed by atoms with Crippen molar-refractivity contribution in [2.75, 3.05) is 65.4 Å². The second kappa shape index (κ2) is 37.8. The van der Waals surface area contributed by atoms with Gasteiger partial charge in [0.1, 0.15) is 31.4 Å². The Morgan fingerprint density at radius 2 is 0.895 bits per heavy atom. The number of nitrogens with one attached hydrogen (secondary N) is 7. The Balaban J connectivity index is 0.00000117. The lowest BCUT2D eigenvalue weighted by Crippen LogP contribution is -2.51. The van der Waals surface area contributed by atoms with Gasteiger partial charge in [0.2, 0.25) is 53.2 Å². The number of hydrogen-bond donors (Lipinski definition) is 11. The van der Waals surface area contributed by atoms with Gasteiger partial charge < -0.3 is 67.3 Å². The number of unbranched alkanes of at least 4 members (excludes halogenated alkanes) is 1. The largest absolute Gasteiger partial charge is 0.524 e. The zero-order valence-corrected chi connectivity index (χ0v) is 48.5. The van der Waals surface area contributed by atoms with E-state index in [-0.39, 0.29) is 50.8 Å². The van der Waals surface area contributed by atoms with E-state index in [4.69, 9.17) is 20.6 Å². The van der Waals surface area contributed by atoms with Gasteiger partial charge in [0.25, 0.3) is 0 Å². The Hall–Kier alpha value is -9.33. The maximum Gasteiger partial charge on any atom is 0.524 e. The summed E-state index contributed by atoms with van der Waals surface area (Å²) in [6.07, 6.45) is 1.20. The molecule has 0 fully saturated rings. The van der Waals surface area contributed by atoms with E-state index in [9.17, 15) is 52.5 Å². The maximum absolute atomic E-state index is 14.3. The smallest absolute Gasteiger partial charge is 0.480 e. The quantitative estimate of drug-likeness (QED) is 0.0199. The minimum atomic E-state index is -4.40. The number of amides is 9. The number of nitrogens with zero attached hydrogens (tertiary/aromatic N) is 3. The van der Waals surface area contributed by atoms with Crippen LogP contribution in [0.15, 0.2) is 146 Å². The highest BCUT2D eigenvalue weighted by molar-refractivity contribution is 7.46. The third kappa shape index (κ3) is 29.3. The first-order valence-corrected chi connectivity index (χ1v) is 28.8. The molecule has 5 rings (SSSR count). The molecule has 0 aliphatic rings. The second-order valence-corrected chi connectivity index (χ2v) is 20.5. The molecule has 26 nitrogen and oxygen atoms in total. The number of phosphoric acid groups is 1. The minimum Gasteiger partial charge on any atom is -0.480 e. The van der Waals surface area contributed by atoms with Crippen LogP contribution in [0, 0.1) is 6.92 Å². The molecule has 12 N–H and O–H groups in total. The van der Waals surface area contributed by atoms with Crippen molar-refractivity contribution >= 4 is 67.0 Å². The van der Waals surface area contributed by atoms with Crippen LogP contribution in [0.3, 0.4) is 0 Å². The zero-order valence-electron chi connectivity index (χ0n) is 47.6. The van der Waals surface area contributed by atoms with Crippen LogP contribution in [0.4, 0.5) is 0 Å². The highest BCUT2D eigenvalue weighted by Crippen LogP contribution is 2.37. The summed E-state index contributed by atoms with van der Waals surface area (Å²) in [5.74, 6) is -7.03. The van der Waals surface area contributed by atoms with E-state index in [0.29, 0.717) is 31.5 Å². The summed E-state index contributed by atoms with van der Waals surface area (Å²) in [7, 11) is -4.40. The predicted molar refractivity (Wildman–Crippen MR) is 315 cm³/mol. The van der Waals surface area contributed by atoms with Gasteiger partial charge in [-0.15, -0.1) is 0 Å². The highest BCUT2D eigenvalue weighted by Gasteiger charge is 2.27. The van der Waals surface area contributed by atoms with Crippen molar-refractivity contribution in [1.82, 2.24) is 51.9 Å². The number of aryl methyl sites for hydroxylation is 1. The summed E-state index contributed by atoms with van der Waals surface area (Å²) in [6, 6.07) is 42.0. The number of carboxylic acids is 1. The molecule has 460 valence electrons. The summed E-state index contributed by atoms with van der Waals surface area (Å²) in [4.78, 5) is 150. The number of carbonyl (C=O) groups is 10. The molecule has 0 heterocycles. The fraction of sp³-hybridized carbons (Fsp3) is 0.322. The van der Waals surface area contributed by atoms with E-state index in [1.165, 1.54) is 26.8 Å². The Kier molecular flexibility index (Phi) is 30.4. The van der Waals surface area contributed by atoms with E-state index in [1.807, 2.05) is 73.7 Å². The lowest BCUT2D eigenvalue weighted by atomic mass is 10.1. The van der Waals surface area contributed by atoms with Gasteiger partial charge in [-0.3, -0.25) is 57.7 Å². The standard InChI is InChI=1S/C52H65N11O11.C7H9O4P/c53-24-14-13-23-42(52(74)59-31-51(72)73)60-46(67)29-57-44(65)27-55-43(64)26-56-45(66)28-58-47(68)35-61(32-39-17-7-2-8-18-39)49(70)37-63(34-41-21-11-4-12-22-41)50(71)36-62(33-40-19-9-3-10-20-40)48(69)30-54-25-38-15-5-1-6-16-38;1-6-2-4-7(5-3-6)11-12(8,9)10/h1-12,15-22,42,54H,13-14,23-37,53H2,(H,55,64)(H,56,66)(H,57,65)(H,58,68)(H,59,74)(H,60,67)(H,72,73);2-5H,1H3,(H2,8,9,10). The number of rotatable bonds is 34. The molecule has 0 aliphatic carbocycles. The van der Waals surface area contributed by atoms with E-state index < -0.39 is 113 Å². The molecule has 86 heavy (non-hydrogen) atoms. The van der Waals surface area contributed by atoms with Crippen LogP contribution in [0.5, 0.6) is 5.75 Å². The molecule has 5 aromatic rings. The van der Waals surface area contributed by atoms with Crippen molar-refractivity contribution in [1.29, 1.82) is 0 Å². The van der Waals surface area contributed by atoms with Crippen LogP contribution < -0.4 is 47.5 Å². The average Bonchev–Trinajstić information content (AvgIpc) is 3.50. The first-order chi connectivity index (χ1) is 41.2. The molecule has 0 spiro atoms. The molecule has 1 atom stereocenters. The summed E-state index contributed by atoms with van der Waals surface area (Å²) in [5.41, 5.74) is 9.68. The van der Waals surface area contributed by atoms with Crippen molar-refractivity contribution in [2.24, 2.45) is 5.73 Å². The third-order valence-electron chi connectivity index (χ3n) is 12.2.